The minimum atomic E-state index is -0.0177. The van der Waals surface area contributed by atoms with Gasteiger partial charge in [0, 0.05) is 0 Å². The van der Waals surface area contributed by atoms with E-state index in [1.54, 1.807) is 6.08 Å². The van der Waals surface area contributed by atoms with Crippen LogP contribution in [0.15, 0.2) is 23.3 Å². The maximum absolute atomic E-state index is 9.85. The minimum absolute atomic E-state index is 0.0110. The first kappa shape index (κ1) is 18.7. The number of hydrogen-bond acceptors (Lipinski definition) is 3. The Balaban J connectivity index is 2.24. The van der Waals surface area contributed by atoms with Crippen molar-refractivity contribution in [3.05, 3.63) is 23.3 Å². The van der Waals surface area contributed by atoms with Crippen LogP contribution in [0.3, 0.4) is 0 Å². The Labute approximate surface area is 141 Å². The van der Waals surface area contributed by atoms with Crippen LogP contribution in [0.4, 0.5) is 0 Å². The monoisotopic (exact) mass is 322 g/mol. The smallest absolute Gasteiger partial charge is 0.0644 e. The zero-order valence-electron chi connectivity index (χ0n) is 15.0. The Morgan fingerprint density at radius 1 is 1.22 bits per heavy atom. The number of aliphatic hydroxyl groups excluding tert-OH is 3. The molecule has 0 aromatic heterocycles. The quantitative estimate of drug-likeness (QED) is 0.656. The van der Waals surface area contributed by atoms with Crippen molar-refractivity contribution >= 4 is 0 Å². The molecule has 1 saturated carbocycles. The van der Waals surface area contributed by atoms with E-state index in [0.29, 0.717) is 17.3 Å². The highest BCUT2D eigenvalue weighted by Gasteiger charge is 2.51. The molecular weight excluding hydrogens is 288 g/mol. The second kappa shape index (κ2) is 7.50. The molecule has 0 bridgehead atoms. The van der Waals surface area contributed by atoms with E-state index in [9.17, 15) is 10.2 Å². The molecule has 0 spiro atoms. The molecular formula is C20H34O3. The van der Waals surface area contributed by atoms with Crippen LogP contribution in [0.1, 0.15) is 59.3 Å². The van der Waals surface area contributed by atoms with E-state index in [4.69, 9.17) is 5.11 Å². The standard InChI is InChI=1S/C20H34O3/c1-19(2)10-4-11-20(3)17(7-5-15(13-22)9-12-21)16(14-23)6-8-18(19)20/h6,9,17-18,21-23H,4-5,7-8,10-14H2,1-3H3/b15-9-/t17-,18?,20+/m1/s1. The average Bonchev–Trinajstić information content (AvgIpc) is 2.50. The highest BCUT2D eigenvalue weighted by molar-refractivity contribution is 5.21. The van der Waals surface area contributed by atoms with Gasteiger partial charge in [0.15, 0.2) is 0 Å². The van der Waals surface area contributed by atoms with Crippen molar-refractivity contribution in [1.82, 2.24) is 0 Å². The van der Waals surface area contributed by atoms with Crippen molar-refractivity contribution in [3.8, 4) is 0 Å². The molecule has 2 rings (SSSR count). The van der Waals surface area contributed by atoms with Gasteiger partial charge in [-0.05, 0) is 65.9 Å². The fourth-order valence-corrected chi connectivity index (χ4v) is 5.40. The van der Waals surface area contributed by atoms with Gasteiger partial charge in [-0.1, -0.05) is 39.3 Å². The van der Waals surface area contributed by atoms with Crippen molar-refractivity contribution in [1.29, 1.82) is 0 Å². The van der Waals surface area contributed by atoms with Crippen LogP contribution in [-0.2, 0) is 0 Å². The lowest BCUT2D eigenvalue weighted by Gasteiger charge is -2.57. The molecule has 23 heavy (non-hydrogen) atoms. The van der Waals surface area contributed by atoms with Crippen LogP contribution in [0.25, 0.3) is 0 Å². The second-order valence-electron chi connectivity index (χ2n) is 8.37. The summed E-state index contributed by atoms with van der Waals surface area (Å²) < 4.78 is 0. The molecule has 3 heteroatoms. The number of fused-ring (bicyclic) bond motifs is 1. The van der Waals surface area contributed by atoms with Crippen LogP contribution >= 0.6 is 0 Å². The van der Waals surface area contributed by atoms with E-state index in [1.807, 2.05) is 0 Å². The molecule has 132 valence electrons. The molecule has 0 aromatic carbocycles. The van der Waals surface area contributed by atoms with E-state index in [-0.39, 0.29) is 25.2 Å². The summed E-state index contributed by atoms with van der Waals surface area (Å²) in [6.45, 7) is 7.35. The van der Waals surface area contributed by atoms with Crippen molar-refractivity contribution in [2.24, 2.45) is 22.7 Å². The van der Waals surface area contributed by atoms with Crippen molar-refractivity contribution in [2.45, 2.75) is 59.3 Å². The van der Waals surface area contributed by atoms with E-state index in [1.165, 1.54) is 24.8 Å². The largest absolute Gasteiger partial charge is 0.392 e. The SMILES string of the molecule is CC1(C)CCC[C@]2(C)C1CC=C(CO)[C@H]2CC/C(=C/CO)CO. The molecule has 0 aromatic rings. The molecule has 1 fully saturated rings. The Hall–Kier alpha value is -0.640. The Kier molecular flexibility index (Phi) is 6.10. The molecule has 0 amide bonds. The van der Waals surface area contributed by atoms with E-state index in [0.717, 1.165) is 24.8 Å². The lowest BCUT2D eigenvalue weighted by molar-refractivity contribution is -0.0421. The van der Waals surface area contributed by atoms with E-state index < -0.39 is 0 Å². The van der Waals surface area contributed by atoms with E-state index in [2.05, 4.69) is 26.8 Å². The zero-order valence-corrected chi connectivity index (χ0v) is 15.0. The first-order valence-electron chi connectivity index (χ1n) is 9.08. The maximum atomic E-state index is 9.85. The first-order chi connectivity index (χ1) is 10.9. The van der Waals surface area contributed by atoms with E-state index >= 15 is 0 Å². The summed E-state index contributed by atoms with van der Waals surface area (Å²) in [4.78, 5) is 0. The Morgan fingerprint density at radius 2 is 1.96 bits per heavy atom. The lowest BCUT2D eigenvalue weighted by atomic mass is 9.48. The molecule has 0 aliphatic heterocycles. The van der Waals surface area contributed by atoms with Crippen LogP contribution in [0.2, 0.25) is 0 Å². The molecule has 1 unspecified atom stereocenters. The summed E-state index contributed by atoms with van der Waals surface area (Å²) >= 11 is 0. The fraction of sp³-hybridized carbons (Fsp3) is 0.800. The van der Waals surface area contributed by atoms with Crippen molar-refractivity contribution < 1.29 is 15.3 Å². The molecule has 0 heterocycles. The van der Waals surface area contributed by atoms with Gasteiger partial charge in [-0.25, -0.2) is 0 Å². The molecule has 2 aliphatic rings. The van der Waals surface area contributed by atoms with Crippen LogP contribution in [0, 0.1) is 22.7 Å². The normalized spacial score (nSPS) is 34.0. The molecule has 0 radical (unpaired) electrons. The molecule has 3 nitrogen and oxygen atoms in total. The second-order valence-corrected chi connectivity index (χ2v) is 8.37. The lowest BCUT2D eigenvalue weighted by Crippen LogP contribution is -2.49. The summed E-state index contributed by atoms with van der Waals surface area (Å²) in [5.74, 6) is 1.03. The number of aliphatic hydroxyl groups is 3. The van der Waals surface area contributed by atoms with Crippen molar-refractivity contribution in [3.63, 3.8) is 0 Å². The van der Waals surface area contributed by atoms with Crippen LogP contribution in [-0.4, -0.2) is 35.1 Å². The van der Waals surface area contributed by atoms with Gasteiger partial charge in [-0.2, -0.15) is 0 Å². The summed E-state index contributed by atoms with van der Waals surface area (Å²) in [5.41, 5.74) is 2.67. The first-order valence-corrected chi connectivity index (χ1v) is 9.08. The number of hydrogen-bond donors (Lipinski definition) is 3. The average molecular weight is 322 g/mol. The third kappa shape index (κ3) is 3.72. The Bertz CT molecular complexity index is 464. The predicted octanol–water partition coefficient (Wildman–Crippen LogP) is 3.45. The highest BCUT2D eigenvalue weighted by Crippen LogP contribution is 2.60. The Morgan fingerprint density at radius 3 is 2.57 bits per heavy atom. The summed E-state index contributed by atoms with van der Waals surface area (Å²) in [5, 5.41) is 28.4. The zero-order chi connectivity index (χ0) is 17.1. The van der Waals surface area contributed by atoms with Gasteiger partial charge in [0.05, 0.1) is 19.8 Å². The molecule has 2 aliphatic carbocycles. The topological polar surface area (TPSA) is 60.7 Å². The van der Waals surface area contributed by atoms with Gasteiger partial charge in [0.2, 0.25) is 0 Å². The molecule has 3 N–H and O–H groups in total. The van der Waals surface area contributed by atoms with Gasteiger partial charge in [-0.15, -0.1) is 0 Å². The van der Waals surface area contributed by atoms with Gasteiger partial charge < -0.3 is 15.3 Å². The van der Waals surface area contributed by atoms with Gasteiger partial charge in [-0.3, -0.25) is 0 Å². The minimum Gasteiger partial charge on any atom is -0.392 e. The van der Waals surface area contributed by atoms with Gasteiger partial charge in [0.25, 0.3) is 0 Å². The van der Waals surface area contributed by atoms with Gasteiger partial charge in [0.1, 0.15) is 0 Å². The summed E-state index contributed by atoms with van der Waals surface area (Å²) in [6.07, 6.45) is 10.6. The summed E-state index contributed by atoms with van der Waals surface area (Å²) in [6, 6.07) is 0. The van der Waals surface area contributed by atoms with Gasteiger partial charge >= 0.3 is 0 Å². The van der Waals surface area contributed by atoms with Crippen LogP contribution < -0.4 is 0 Å². The molecule has 0 saturated heterocycles. The maximum Gasteiger partial charge on any atom is 0.0644 e. The molecule has 3 atom stereocenters. The third-order valence-corrected chi connectivity index (χ3v) is 6.66. The highest BCUT2D eigenvalue weighted by atomic mass is 16.3. The predicted molar refractivity (Wildman–Crippen MR) is 94.0 cm³/mol. The number of rotatable bonds is 6. The van der Waals surface area contributed by atoms with Crippen LogP contribution in [0.5, 0.6) is 0 Å². The fourth-order valence-electron chi connectivity index (χ4n) is 5.40. The van der Waals surface area contributed by atoms with Crippen molar-refractivity contribution in [2.75, 3.05) is 19.8 Å². The summed E-state index contributed by atoms with van der Waals surface area (Å²) in [7, 11) is 0. The number of allylic oxidation sites excluding steroid dienone is 1. The third-order valence-electron chi connectivity index (χ3n) is 6.66.